The standard InChI is InChI=1S/C22H34N2O4/c1-15(2)19(21(26)24-20(16(3)4)22(27)28-5)23-14-13-18(25)12-11-17-9-7-6-8-10-17/h6-10,15-16,19-20,23H,11-14H2,1-5H3,(H,24,26)/t19-,20-/m0/s1. The molecule has 0 aliphatic rings. The van der Waals surface area contributed by atoms with E-state index in [1.54, 1.807) is 0 Å². The molecule has 0 bridgehead atoms. The minimum absolute atomic E-state index is 0.0184. The van der Waals surface area contributed by atoms with E-state index in [-0.39, 0.29) is 23.5 Å². The first-order valence-corrected chi connectivity index (χ1v) is 9.93. The number of hydrogen-bond donors (Lipinski definition) is 2. The van der Waals surface area contributed by atoms with E-state index < -0.39 is 18.1 Å². The molecule has 0 radical (unpaired) electrons. The molecule has 6 nitrogen and oxygen atoms in total. The van der Waals surface area contributed by atoms with E-state index in [2.05, 4.69) is 10.6 Å². The van der Waals surface area contributed by atoms with Crippen molar-refractivity contribution in [2.45, 2.75) is 59.0 Å². The van der Waals surface area contributed by atoms with Gasteiger partial charge in [-0.2, -0.15) is 0 Å². The SMILES string of the molecule is COC(=O)[C@@H](NC(=O)[C@@H](NCCC(=O)CCc1ccccc1)C(C)C)C(C)C. The summed E-state index contributed by atoms with van der Waals surface area (Å²) in [4.78, 5) is 36.6. The Hall–Kier alpha value is -2.21. The Labute approximate surface area is 168 Å². The molecule has 1 aromatic rings. The van der Waals surface area contributed by atoms with Gasteiger partial charge in [0.15, 0.2) is 0 Å². The number of nitrogens with one attached hydrogen (secondary N) is 2. The minimum atomic E-state index is -0.687. The number of esters is 1. The van der Waals surface area contributed by atoms with E-state index in [0.717, 1.165) is 12.0 Å². The van der Waals surface area contributed by atoms with Gasteiger partial charge in [0.05, 0.1) is 13.2 Å². The van der Waals surface area contributed by atoms with Crippen molar-refractivity contribution < 1.29 is 19.1 Å². The largest absolute Gasteiger partial charge is 0.467 e. The lowest BCUT2D eigenvalue weighted by molar-refractivity contribution is -0.146. The third-order valence-electron chi connectivity index (χ3n) is 4.67. The van der Waals surface area contributed by atoms with Crippen LogP contribution in [0.2, 0.25) is 0 Å². The second-order valence-corrected chi connectivity index (χ2v) is 7.70. The molecule has 156 valence electrons. The number of ether oxygens (including phenoxy) is 1. The molecule has 0 saturated heterocycles. The van der Waals surface area contributed by atoms with Gasteiger partial charge < -0.3 is 15.4 Å². The maximum absolute atomic E-state index is 12.6. The fraction of sp³-hybridized carbons (Fsp3) is 0.591. The Morgan fingerprint density at radius 1 is 0.929 bits per heavy atom. The number of ketones is 1. The van der Waals surface area contributed by atoms with Gasteiger partial charge >= 0.3 is 5.97 Å². The lowest BCUT2D eigenvalue weighted by Gasteiger charge is -2.26. The van der Waals surface area contributed by atoms with E-state index in [1.165, 1.54) is 7.11 Å². The summed E-state index contributed by atoms with van der Waals surface area (Å²) in [6.07, 6.45) is 1.58. The van der Waals surface area contributed by atoms with Crippen LogP contribution in [-0.2, 0) is 25.5 Å². The van der Waals surface area contributed by atoms with Gasteiger partial charge in [-0.3, -0.25) is 9.59 Å². The van der Waals surface area contributed by atoms with Crippen molar-refractivity contribution in [2.75, 3.05) is 13.7 Å². The molecular formula is C22H34N2O4. The van der Waals surface area contributed by atoms with Crippen molar-refractivity contribution >= 4 is 17.7 Å². The number of carbonyl (C=O) groups is 3. The van der Waals surface area contributed by atoms with Crippen LogP contribution in [0.5, 0.6) is 0 Å². The zero-order chi connectivity index (χ0) is 21.1. The van der Waals surface area contributed by atoms with Crippen molar-refractivity contribution in [1.82, 2.24) is 10.6 Å². The Morgan fingerprint density at radius 2 is 1.54 bits per heavy atom. The Balaban J connectivity index is 2.49. The van der Waals surface area contributed by atoms with Gasteiger partial charge in [-0.25, -0.2) is 4.79 Å². The Kier molecular flexibility index (Phi) is 10.5. The van der Waals surface area contributed by atoms with Gasteiger partial charge in [-0.15, -0.1) is 0 Å². The first-order valence-electron chi connectivity index (χ1n) is 9.93. The molecule has 0 aliphatic heterocycles. The van der Waals surface area contributed by atoms with Crippen molar-refractivity contribution in [1.29, 1.82) is 0 Å². The van der Waals surface area contributed by atoms with Crippen LogP contribution in [-0.4, -0.2) is 43.4 Å². The minimum Gasteiger partial charge on any atom is -0.467 e. The summed E-state index contributed by atoms with van der Waals surface area (Å²) in [5.74, 6) is -0.611. The molecule has 28 heavy (non-hydrogen) atoms. The molecule has 0 spiro atoms. The summed E-state index contributed by atoms with van der Waals surface area (Å²) in [6, 6.07) is 8.74. The normalized spacial score (nSPS) is 13.2. The maximum atomic E-state index is 12.6. The molecule has 6 heteroatoms. The molecule has 0 aromatic heterocycles. The van der Waals surface area contributed by atoms with Crippen molar-refractivity contribution in [3.8, 4) is 0 Å². The number of rotatable bonds is 12. The molecular weight excluding hydrogens is 356 g/mol. The Morgan fingerprint density at radius 3 is 2.07 bits per heavy atom. The lowest BCUT2D eigenvalue weighted by Crippen LogP contribution is -2.54. The van der Waals surface area contributed by atoms with Gasteiger partial charge in [0.1, 0.15) is 11.8 Å². The number of carbonyl (C=O) groups excluding carboxylic acids is 3. The summed E-state index contributed by atoms with van der Waals surface area (Å²) in [5.41, 5.74) is 1.14. The number of benzene rings is 1. The highest BCUT2D eigenvalue weighted by molar-refractivity contribution is 5.88. The van der Waals surface area contributed by atoms with E-state index in [1.807, 2.05) is 58.0 Å². The molecule has 2 N–H and O–H groups in total. The molecule has 0 heterocycles. The fourth-order valence-electron chi connectivity index (χ4n) is 2.92. The van der Waals surface area contributed by atoms with Crippen molar-refractivity contribution in [3.05, 3.63) is 35.9 Å². The second kappa shape index (κ2) is 12.3. The van der Waals surface area contributed by atoms with Crippen LogP contribution in [0.15, 0.2) is 30.3 Å². The molecule has 1 aromatic carbocycles. The predicted molar refractivity (Wildman–Crippen MR) is 110 cm³/mol. The highest BCUT2D eigenvalue weighted by atomic mass is 16.5. The monoisotopic (exact) mass is 390 g/mol. The summed E-state index contributed by atoms with van der Waals surface area (Å²) in [6.45, 7) is 7.98. The van der Waals surface area contributed by atoms with Crippen LogP contribution in [0.25, 0.3) is 0 Å². The third-order valence-corrected chi connectivity index (χ3v) is 4.67. The van der Waals surface area contributed by atoms with Crippen LogP contribution in [0.4, 0.5) is 0 Å². The maximum Gasteiger partial charge on any atom is 0.328 e. The molecule has 0 saturated carbocycles. The quantitative estimate of drug-likeness (QED) is 0.536. The second-order valence-electron chi connectivity index (χ2n) is 7.70. The van der Waals surface area contributed by atoms with E-state index in [4.69, 9.17) is 4.74 Å². The summed E-state index contributed by atoms with van der Waals surface area (Å²) >= 11 is 0. The van der Waals surface area contributed by atoms with Crippen LogP contribution in [0, 0.1) is 11.8 Å². The van der Waals surface area contributed by atoms with Crippen molar-refractivity contribution in [2.24, 2.45) is 11.8 Å². The van der Waals surface area contributed by atoms with E-state index in [0.29, 0.717) is 19.4 Å². The zero-order valence-corrected chi connectivity index (χ0v) is 17.7. The fourth-order valence-corrected chi connectivity index (χ4v) is 2.92. The number of amides is 1. The molecule has 0 unspecified atom stereocenters. The summed E-state index contributed by atoms with van der Waals surface area (Å²) < 4.78 is 4.77. The zero-order valence-electron chi connectivity index (χ0n) is 17.7. The summed E-state index contributed by atoms with van der Waals surface area (Å²) in [5, 5.41) is 5.94. The van der Waals surface area contributed by atoms with Gasteiger partial charge in [0.2, 0.25) is 5.91 Å². The highest BCUT2D eigenvalue weighted by Crippen LogP contribution is 2.08. The first-order chi connectivity index (χ1) is 13.3. The van der Waals surface area contributed by atoms with Gasteiger partial charge in [-0.05, 0) is 23.8 Å². The van der Waals surface area contributed by atoms with Crippen LogP contribution >= 0.6 is 0 Å². The average Bonchev–Trinajstić information content (AvgIpc) is 2.67. The molecule has 2 atom stereocenters. The van der Waals surface area contributed by atoms with Crippen molar-refractivity contribution in [3.63, 3.8) is 0 Å². The highest BCUT2D eigenvalue weighted by Gasteiger charge is 2.29. The van der Waals surface area contributed by atoms with E-state index >= 15 is 0 Å². The lowest BCUT2D eigenvalue weighted by atomic mass is 10.00. The first kappa shape index (κ1) is 23.8. The molecule has 0 fully saturated rings. The number of hydrogen-bond acceptors (Lipinski definition) is 5. The Bertz CT molecular complexity index is 629. The number of methoxy groups -OCH3 is 1. The van der Waals surface area contributed by atoms with Gasteiger partial charge in [0.25, 0.3) is 0 Å². The van der Waals surface area contributed by atoms with Gasteiger partial charge in [0, 0.05) is 19.4 Å². The predicted octanol–water partition coefficient (Wildman–Crippen LogP) is 2.51. The smallest absolute Gasteiger partial charge is 0.328 e. The third kappa shape index (κ3) is 8.21. The average molecular weight is 391 g/mol. The van der Waals surface area contributed by atoms with Crippen LogP contribution in [0.1, 0.15) is 46.1 Å². The molecule has 1 rings (SSSR count). The molecule has 0 aliphatic carbocycles. The van der Waals surface area contributed by atoms with Gasteiger partial charge in [-0.1, -0.05) is 58.0 Å². The van der Waals surface area contributed by atoms with Crippen LogP contribution in [0.3, 0.4) is 0 Å². The topological polar surface area (TPSA) is 84.5 Å². The number of aryl methyl sites for hydroxylation is 1. The van der Waals surface area contributed by atoms with Crippen LogP contribution < -0.4 is 10.6 Å². The van der Waals surface area contributed by atoms with E-state index in [9.17, 15) is 14.4 Å². The number of Topliss-reactive ketones (excluding diaryl/α,β-unsaturated/α-hetero) is 1. The summed E-state index contributed by atoms with van der Waals surface area (Å²) in [7, 11) is 1.31. The molecule has 1 amide bonds.